The van der Waals surface area contributed by atoms with E-state index in [1.807, 2.05) is 6.07 Å². The van der Waals surface area contributed by atoms with Gasteiger partial charge in [-0.2, -0.15) is 0 Å². The molecule has 20 heavy (non-hydrogen) atoms. The van der Waals surface area contributed by atoms with Crippen LogP contribution in [0.2, 0.25) is 5.02 Å². The van der Waals surface area contributed by atoms with Crippen molar-refractivity contribution in [2.75, 3.05) is 0 Å². The molecule has 0 saturated heterocycles. The second-order valence-corrected chi connectivity index (χ2v) is 4.44. The summed E-state index contributed by atoms with van der Waals surface area (Å²) in [6, 6.07) is 5.31. The highest BCUT2D eigenvalue weighted by atomic mass is 35.5. The lowest BCUT2D eigenvalue weighted by Crippen LogP contribution is -2.01. The third kappa shape index (κ3) is 3.07. The second kappa shape index (κ2) is 5.63. The number of aliphatic hydroxyl groups excluding tert-OH is 1. The molecule has 0 radical (unpaired) electrons. The molecule has 0 unspecified atom stereocenters. The molecule has 0 atom stereocenters. The average Bonchev–Trinajstić information content (AvgIpc) is 2.78. The van der Waals surface area contributed by atoms with Crippen LogP contribution in [0, 0.1) is 0 Å². The predicted octanol–water partition coefficient (Wildman–Crippen LogP) is 2.93. The molecule has 0 spiro atoms. The highest BCUT2D eigenvalue weighted by Crippen LogP contribution is 2.23. The Labute approximate surface area is 118 Å². The Balaban J connectivity index is 2.26. The van der Waals surface area contributed by atoms with E-state index in [0.29, 0.717) is 11.1 Å². The Morgan fingerprint density at radius 2 is 2.00 bits per heavy atom. The molecule has 0 aliphatic rings. The van der Waals surface area contributed by atoms with E-state index < -0.39 is 17.5 Å². The van der Waals surface area contributed by atoms with E-state index in [4.69, 9.17) is 21.8 Å². The van der Waals surface area contributed by atoms with Crippen molar-refractivity contribution in [1.82, 2.24) is 4.98 Å². The van der Waals surface area contributed by atoms with Gasteiger partial charge in [0.25, 0.3) is 0 Å². The first kappa shape index (κ1) is 13.9. The normalized spacial score (nSPS) is 12.2. The Bertz CT molecular complexity index is 743. The lowest BCUT2D eigenvalue weighted by atomic mass is 10.1. The molecule has 6 heteroatoms. The van der Waals surface area contributed by atoms with Gasteiger partial charge in [0.05, 0.1) is 0 Å². The summed E-state index contributed by atoms with van der Waals surface area (Å²) in [5.74, 6) is -3.17. The molecule has 3 N–H and O–H groups in total. The summed E-state index contributed by atoms with van der Waals surface area (Å²) in [5.41, 5.74) is 1.60. The van der Waals surface area contributed by atoms with Gasteiger partial charge in [0.2, 0.25) is 5.76 Å². The number of aromatic amines is 1. The maximum Gasteiger partial charge on any atom is 0.371 e. The van der Waals surface area contributed by atoms with Crippen LogP contribution in [0.25, 0.3) is 17.0 Å². The van der Waals surface area contributed by atoms with Crippen LogP contribution in [0.5, 0.6) is 0 Å². The van der Waals surface area contributed by atoms with Crippen LogP contribution in [0.1, 0.15) is 5.56 Å². The van der Waals surface area contributed by atoms with Gasteiger partial charge in [-0.1, -0.05) is 11.6 Å². The number of carboxylic acids is 1. The molecule has 1 heterocycles. The highest BCUT2D eigenvalue weighted by Gasteiger charge is 2.06. The maximum atomic E-state index is 11.4. The van der Waals surface area contributed by atoms with Crippen LogP contribution in [0.3, 0.4) is 0 Å². The molecular formula is C14H10ClNO4. The highest BCUT2D eigenvalue weighted by molar-refractivity contribution is 6.31. The van der Waals surface area contributed by atoms with Gasteiger partial charge in [0.15, 0.2) is 5.78 Å². The number of hydrogen-bond acceptors (Lipinski definition) is 3. The zero-order valence-electron chi connectivity index (χ0n) is 10.1. The number of aliphatic hydroxyl groups is 1. The number of nitrogens with one attached hydrogen (secondary N) is 1. The number of carboxylic acid groups (broad SMARTS) is 1. The van der Waals surface area contributed by atoms with E-state index in [2.05, 4.69) is 4.98 Å². The first-order chi connectivity index (χ1) is 9.47. The quantitative estimate of drug-likeness (QED) is 0.597. The zero-order chi connectivity index (χ0) is 14.7. The summed E-state index contributed by atoms with van der Waals surface area (Å²) in [7, 11) is 0. The SMILES string of the molecule is O=C(C=C(O)C(=O)O)/C=C/c1c[nH]c2ccc(Cl)cc12. The van der Waals surface area contributed by atoms with E-state index in [1.54, 1.807) is 18.3 Å². The number of aliphatic carboxylic acids is 1. The molecule has 2 rings (SSSR count). The number of carbonyl (C=O) groups excluding carboxylic acids is 1. The van der Waals surface area contributed by atoms with Gasteiger partial charge in [-0.05, 0) is 35.9 Å². The number of halogens is 1. The molecule has 102 valence electrons. The van der Waals surface area contributed by atoms with Crippen molar-refractivity contribution in [1.29, 1.82) is 0 Å². The minimum Gasteiger partial charge on any atom is -0.502 e. The first-order valence-electron chi connectivity index (χ1n) is 5.60. The topological polar surface area (TPSA) is 90.4 Å². The lowest BCUT2D eigenvalue weighted by molar-refractivity contribution is -0.135. The van der Waals surface area contributed by atoms with Crippen LogP contribution in [-0.4, -0.2) is 26.9 Å². The van der Waals surface area contributed by atoms with Crippen LogP contribution < -0.4 is 0 Å². The van der Waals surface area contributed by atoms with E-state index in [9.17, 15) is 9.59 Å². The average molecular weight is 292 g/mol. The van der Waals surface area contributed by atoms with Crippen LogP contribution in [0.15, 0.2) is 42.3 Å². The number of allylic oxidation sites excluding steroid dienone is 2. The van der Waals surface area contributed by atoms with Crippen molar-refractivity contribution < 1.29 is 19.8 Å². The fraction of sp³-hybridized carbons (Fsp3) is 0. The first-order valence-corrected chi connectivity index (χ1v) is 5.98. The molecule has 0 fully saturated rings. The number of rotatable bonds is 4. The van der Waals surface area contributed by atoms with Gasteiger partial charge < -0.3 is 15.2 Å². The van der Waals surface area contributed by atoms with Crippen molar-refractivity contribution >= 4 is 40.3 Å². The lowest BCUT2D eigenvalue weighted by Gasteiger charge is -1.93. The van der Waals surface area contributed by atoms with E-state index >= 15 is 0 Å². The second-order valence-electron chi connectivity index (χ2n) is 4.00. The smallest absolute Gasteiger partial charge is 0.371 e. The molecule has 0 amide bonds. The fourth-order valence-electron chi connectivity index (χ4n) is 1.67. The van der Waals surface area contributed by atoms with Crippen molar-refractivity contribution in [2.45, 2.75) is 0 Å². The molecule has 1 aromatic heterocycles. The zero-order valence-corrected chi connectivity index (χ0v) is 10.9. The van der Waals surface area contributed by atoms with Crippen molar-refractivity contribution in [2.24, 2.45) is 0 Å². The minimum atomic E-state index is -1.55. The molecule has 1 aromatic carbocycles. The molecule has 0 aliphatic carbocycles. The molecule has 5 nitrogen and oxygen atoms in total. The number of benzene rings is 1. The van der Waals surface area contributed by atoms with Gasteiger partial charge >= 0.3 is 5.97 Å². The Hall–Kier alpha value is -2.53. The van der Waals surface area contributed by atoms with Gasteiger partial charge in [-0.25, -0.2) is 4.79 Å². The number of fused-ring (bicyclic) bond motifs is 1. The number of aromatic nitrogens is 1. The Morgan fingerprint density at radius 1 is 1.25 bits per heavy atom. The number of H-pyrrole nitrogens is 1. The Kier molecular flexibility index (Phi) is 3.91. The summed E-state index contributed by atoms with van der Waals surface area (Å²) in [5, 5.41) is 18.8. The molecule has 0 aliphatic heterocycles. The van der Waals surface area contributed by atoms with Crippen LogP contribution in [-0.2, 0) is 9.59 Å². The van der Waals surface area contributed by atoms with Gasteiger partial charge in [-0.3, -0.25) is 4.79 Å². The van der Waals surface area contributed by atoms with Crippen LogP contribution >= 0.6 is 11.6 Å². The van der Waals surface area contributed by atoms with Crippen molar-refractivity contribution in [3.8, 4) is 0 Å². The largest absolute Gasteiger partial charge is 0.502 e. The van der Waals surface area contributed by atoms with Crippen LogP contribution in [0.4, 0.5) is 0 Å². The summed E-state index contributed by atoms with van der Waals surface area (Å²) in [6.07, 6.45) is 5.03. The van der Waals surface area contributed by atoms with Gasteiger partial charge in [-0.15, -0.1) is 0 Å². The maximum absolute atomic E-state index is 11.4. The van der Waals surface area contributed by atoms with Crippen molar-refractivity contribution in [3.63, 3.8) is 0 Å². The summed E-state index contributed by atoms with van der Waals surface area (Å²) >= 11 is 5.90. The van der Waals surface area contributed by atoms with E-state index in [0.717, 1.165) is 16.5 Å². The molecule has 0 bridgehead atoms. The summed E-state index contributed by atoms with van der Waals surface area (Å²) < 4.78 is 0. The van der Waals surface area contributed by atoms with E-state index in [1.165, 1.54) is 12.2 Å². The Morgan fingerprint density at radius 3 is 2.70 bits per heavy atom. The number of ketones is 1. The monoisotopic (exact) mass is 291 g/mol. The third-order valence-corrected chi connectivity index (χ3v) is 2.84. The third-order valence-electron chi connectivity index (χ3n) is 2.60. The molecule has 0 saturated carbocycles. The molecule has 2 aromatic rings. The van der Waals surface area contributed by atoms with Crippen molar-refractivity contribution in [3.05, 3.63) is 52.9 Å². The predicted molar refractivity (Wildman–Crippen MR) is 75.7 cm³/mol. The number of hydrogen-bond donors (Lipinski definition) is 3. The summed E-state index contributed by atoms with van der Waals surface area (Å²) in [6.45, 7) is 0. The van der Waals surface area contributed by atoms with Gasteiger partial charge in [0, 0.05) is 28.2 Å². The summed E-state index contributed by atoms with van der Waals surface area (Å²) in [4.78, 5) is 24.8. The standard InChI is InChI=1S/C14H10ClNO4/c15-9-2-4-12-11(5-9)8(7-16-12)1-3-10(17)6-13(18)14(19)20/h1-7,16,18H,(H,19,20)/b3-1+,13-6?. The molecular weight excluding hydrogens is 282 g/mol. The minimum absolute atomic E-state index is 0.571. The fourth-order valence-corrected chi connectivity index (χ4v) is 1.84. The van der Waals surface area contributed by atoms with E-state index in [-0.39, 0.29) is 0 Å². The number of carbonyl (C=O) groups is 2. The van der Waals surface area contributed by atoms with Gasteiger partial charge in [0.1, 0.15) is 0 Å².